The molecule has 0 heterocycles. The van der Waals surface area contributed by atoms with Gasteiger partial charge in [-0.05, 0) is 32.9 Å². The Morgan fingerprint density at radius 1 is 1.38 bits per heavy atom. The second-order valence-electron chi connectivity index (χ2n) is 4.32. The van der Waals surface area contributed by atoms with Gasteiger partial charge >= 0.3 is 6.09 Å². The highest BCUT2D eigenvalue weighted by Gasteiger charge is 2.16. The van der Waals surface area contributed by atoms with E-state index in [1.807, 2.05) is 6.07 Å². The predicted molar refractivity (Wildman–Crippen MR) is 64.2 cm³/mol. The van der Waals surface area contributed by atoms with Crippen LogP contribution in [-0.2, 0) is 4.74 Å². The van der Waals surface area contributed by atoms with Crippen LogP contribution in [0.4, 0.5) is 10.5 Å². The zero-order valence-electron chi connectivity index (χ0n) is 9.70. The van der Waals surface area contributed by atoms with Gasteiger partial charge in [0.15, 0.2) is 0 Å². The van der Waals surface area contributed by atoms with Crippen LogP contribution in [0.1, 0.15) is 26.3 Å². The molecule has 0 aromatic heterocycles. The third kappa shape index (κ3) is 3.66. The Kier molecular flexibility index (Phi) is 3.57. The van der Waals surface area contributed by atoms with Gasteiger partial charge in [-0.15, -0.1) is 6.42 Å². The van der Waals surface area contributed by atoms with Crippen LogP contribution in [0.25, 0.3) is 0 Å². The molecule has 3 heteroatoms. The topological polar surface area (TPSA) is 38.3 Å². The summed E-state index contributed by atoms with van der Waals surface area (Å²) in [5, 5.41) is 2.61. The number of carbonyl (C=O) groups is 1. The Bertz CT molecular complexity index is 424. The van der Waals surface area contributed by atoms with E-state index < -0.39 is 11.7 Å². The molecule has 0 saturated carbocycles. The van der Waals surface area contributed by atoms with E-state index in [0.717, 1.165) is 0 Å². The van der Waals surface area contributed by atoms with Crippen molar-refractivity contribution in [2.45, 2.75) is 26.4 Å². The third-order valence-corrected chi connectivity index (χ3v) is 1.72. The van der Waals surface area contributed by atoms with Gasteiger partial charge in [0.2, 0.25) is 0 Å². The molecule has 1 aromatic rings. The summed E-state index contributed by atoms with van der Waals surface area (Å²) in [6.45, 7) is 5.42. The van der Waals surface area contributed by atoms with Gasteiger partial charge in [0.1, 0.15) is 5.60 Å². The lowest BCUT2D eigenvalue weighted by Gasteiger charge is -2.19. The van der Waals surface area contributed by atoms with E-state index in [9.17, 15) is 4.79 Å². The lowest BCUT2D eigenvalue weighted by molar-refractivity contribution is 0.0636. The van der Waals surface area contributed by atoms with Crippen molar-refractivity contribution < 1.29 is 9.53 Å². The van der Waals surface area contributed by atoms with Gasteiger partial charge < -0.3 is 4.74 Å². The minimum atomic E-state index is -0.519. The van der Waals surface area contributed by atoms with Crippen LogP contribution >= 0.6 is 0 Å². The SMILES string of the molecule is C#Cc1ccccc1NC(=O)OC(C)(C)C. The number of hydrogen-bond donors (Lipinski definition) is 1. The fourth-order valence-electron chi connectivity index (χ4n) is 1.13. The molecule has 0 bridgehead atoms. The van der Waals surface area contributed by atoms with Gasteiger partial charge in [0.05, 0.1) is 5.69 Å². The summed E-state index contributed by atoms with van der Waals surface area (Å²) >= 11 is 0. The number of para-hydroxylation sites is 1. The average molecular weight is 217 g/mol. The zero-order chi connectivity index (χ0) is 12.2. The van der Waals surface area contributed by atoms with Crippen molar-refractivity contribution in [3.05, 3.63) is 29.8 Å². The summed E-state index contributed by atoms with van der Waals surface area (Å²) in [4.78, 5) is 11.5. The molecule has 0 fully saturated rings. The zero-order valence-corrected chi connectivity index (χ0v) is 9.70. The van der Waals surface area contributed by atoms with Crippen LogP contribution in [0.5, 0.6) is 0 Å². The number of benzene rings is 1. The van der Waals surface area contributed by atoms with Crippen molar-refractivity contribution >= 4 is 11.8 Å². The normalized spacial score (nSPS) is 10.4. The van der Waals surface area contributed by atoms with Gasteiger partial charge in [0.25, 0.3) is 0 Å². The monoisotopic (exact) mass is 217 g/mol. The van der Waals surface area contributed by atoms with E-state index in [2.05, 4.69) is 11.2 Å². The molecule has 84 valence electrons. The maximum atomic E-state index is 11.5. The molecule has 3 nitrogen and oxygen atoms in total. The highest BCUT2D eigenvalue weighted by atomic mass is 16.6. The van der Waals surface area contributed by atoms with Gasteiger partial charge in [-0.3, -0.25) is 5.32 Å². The molecule has 0 spiro atoms. The summed E-state index contributed by atoms with van der Waals surface area (Å²) < 4.78 is 5.12. The van der Waals surface area contributed by atoms with Crippen LogP contribution in [0, 0.1) is 12.3 Å². The maximum Gasteiger partial charge on any atom is 0.412 e. The van der Waals surface area contributed by atoms with Crippen molar-refractivity contribution in [2.24, 2.45) is 0 Å². The molecule has 1 N–H and O–H groups in total. The van der Waals surface area contributed by atoms with Gasteiger partial charge in [0, 0.05) is 5.56 Å². The first-order valence-electron chi connectivity index (χ1n) is 4.98. The van der Waals surface area contributed by atoms with Gasteiger partial charge in [-0.25, -0.2) is 4.79 Å². The Balaban J connectivity index is 2.75. The summed E-state index contributed by atoms with van der Waals surface area (Å²) in [5.74, 6) is 2.49. The minimum absolute atomic E-state index is 0.504. The largest absolute Gasteiger partial charge is 0.444 e. The van der Waals surface area contributed by atoms with Crippen LogP contribution in [0.2, 0.25) is 0 Å². The van der Waals surface area contributed by atoms with Crippen LogP contribution in [-0.4, -0.2) is 11.7 Å². The Hall–Kier alpha value is -1.95. The lowest BCUT2D eigenvalue weighted by Crippen LogP contribution is -2.27. The first-order chi connectivity index (χ1) is 7.42. The molecular formula is C13H15NO2. The number of amides is 1. The molecule has 0 aliphatic rings. The molecule has 16 heavy (non-hydrogen) atoms. The average Bonchev–Trinajstić information content (AvgIpc) is 2.15. The highest BCUT2D eigenvalue weighted by molar-refractivity contribution is 5.86. The van der Waals surface area contributed by atoms with Crippen molar-refractivity contribution in [3.63, 3.8) is 0 Å². The first kappa shape index (κ1) is 12.1. The highest BCUT2D eigenvalue weighted by Crippen LogP contribution is 2.15. The number of nitrogens with one attached hydrogen (secondary N) is 1. The number of carbonyl (C=O) groups excluding carboxylic acids is 1. The van der Waals surface area contributed by atoms with E-state index in [1.165, 1.54) is 0 Å². The standard InChI is InChI=1S/C13H15NO2/c1-5-10-8-6-7-9-11(10)14-12(15)16-13(2,3)4/h1,6-9H,2-4H3,(H,14,15). The smallest absolute Gasteiger partial charge is 0.412 e. The van der Waals surface area contributed by atoms with E-state index in [1.54, 1.807) is 39.0 Å². The molecule has 1 rings (SSSR count). The number of hydrogen-bond acceptors (Lipinski definition) is 2. The van der Waals surface area contributed by atoms with Crippen molar-refractivity contribution in [1.29, 1.82) is 0 Å². The summed E-state index contributed by atoms with van der Waals surface area (Å²) in [7, 11) is 0. The predicted octanol–water partition coefficient (Wildman–Crippen LogP) is 3.01. The Morgan fingerprint density at radius 2 is 2.00 bits per heavy atom. The summed E-state index contributed by atoms with van der Waals surface area (Å²) in [6.07, 6.45) is 4.81. The Morgan fingerprint density at radius 3 is 2.56 bits per heavy atom. The molecular weight excluding hydrogens is 202 g/mol. The minimum Gasteiger partial charge on any atom is -0.444 e. The first-order valence-corrected chi connectivity index (χ1v) is 4.98. The summed E-state index contributed by atoms with van der Waals surface area (Å²) in [5.41, 5.74) is 0.697. The number of rotatable bonds is 1. The quantitative estimate of drug-likeness (QED) is 0.734. The van der Waals surface area contributed by atoms with E-state index in [-0.39, 0.29) is 0 Å². The van der Waals surface area contributed by atoms with Crippen LogP contribution in [0.3, 0.4) is 0 Å². The second kappa shape index (κ2) is 4.71. The molecule has 1 aromatic carbocycles. The molecule has 1 amide bonds. The summed E-state index contributed by atoms with van der Waals surface area (Å²) in [6, 6.07) is 7.11. The Labute approximate surface area is 95.8 Å². The number of ether oxygens (including phenoxy) is 1. The molecule has 0 atom stereocenters. The molecule has 0 aliphatic carbocycles. The van der Waals surface area contributed by atoms with E-state index >= 15 is 0 Å². The van der Waals surface area contributed by atoms with Crippen molar-refractivity contribution in [2.75, 3.05) is 5.32 Å². The maximum absolute atomic E-state index is 11.5. The van der Waals surface area contributed by atoms with Crippen LogP contribution < -0.4 is 5.32 Å². The number of terminal acetylenes is 1. The second-order valence-corrected chi connectivity index (χ2v) is 4.32. The van der Waals surface area contributed by atoms with Gasteiger partial charge in [-0.2, -0.15) is 0 Å². The molecule has 0 radical (unpaired) electrons. The van der Waals surface area contributed by atoms with Crippen molar-refractivity contribution in [1.82, 2.24) is 0 Å². The number of anilines is 1. The molecule has 0 aliphatic heterocycles. The van der Waals surface area contributed by atoms with Crippen LogP contribution in [0.15, 0.2) is 24.3 Å². The van der Waals surface area contributed by atoms with E-state index in [0.29, 0.717) is 11.3 Å². The van der Waals surface area contributed by atoms with Gasteiger partial charge in [-0.1, -0.05) is 18.1 Å². The third-order valence-electron chi connectivity index (χ3n) is 1.72. The molecule has 0 unspecified atom stereocenters. The fourth-order valence-corrected chi connectivity index (χ4v) is 1.13. The fraction of sp³-hybridized carbons (Fsp3) is 0.308. The molecule has 0 saturated heterocycles. The lowest BCUT2D eigenvalue weighted by atomic mass is 10.2. The van der Waals surface area contributed by atoms with E-state index in [4.69, 9.17) is 11.2 Å². The van der Waals surface area contributed by atoms with Crippen molar-refractivity contribution in [3.8, 4) is 12.3 Å².